The van der Waals surface area contributed by atoms with E-state index < -0.39 is 22.9 Å². The molecule has 220 valence electrons. The number of ketones is 1. The van der Waals surface area contributed by atoms with Crippen LogP contribution < -0.4 is 21.5 Å². The zero-order chi connectivity index (χ0) is 30.1. The number of nitrogens with one attached hydrogen (secondary N) is 1. The molecular weight excluding hydrogens is 524 g/mol. The van der Waals surface area contributed by atoms with Crippen molar-refractivity contribution in [1.29, 1.82) is 0 Å². The summed E-state index contributed by atoms with van der Waals surface area (Å²) in [7, 11) is 1.56. The van der Waals surface area contributed by atoms with Gasteiger partial charge in [-0.1, -0.05) is 41.5 Å². The minimum absolute atomic E-state index is 0.180. The second-order valence-corrected chi connectivity index (χ2v) is 11.9. The normalized spacial score (nSPS) is 15.6. The van der Waals surface area contributed by atoms with Crippen LogP contribution in [0.15, 0.2) is 51.1 Å². The van der Waals surface area contributed by atoms with Crippen LogP contribution in [-0.2, 0) is 24.9 Å². The van der Waals surface area contributed by atoms with Crippen LogP contribution in [0.1, 0.15) is 64.7 Å². The monoisotopic (exact) mass is 564 g/mol. The molecule has 1 aromatic carbocycles. The predicted molar refractivity (Wildman–Crippen MR) is 159 cm³/mol. The first-order valence-electron chi connectivity index (χ1n) is 13.9. The summed E-state index contributed by atoms with van der Waals surface area (Å²) in [6.45, 7) is 12.6. The number of allylic oxidation sites excluding steroid dienone is 2. The molecule has 1 N–H and O–H groups in total. The number of rotatable bonds is 7. The van der Waals surface area contributed by atoms with Crippen molar-refractivity contribution in [3.05, 3.63) is 67.9 Å². The van der Waals surface area contributed by atoms with Gasteiger partial charge in [0.15, 0.2) is 16.9 Å². The van der Waals surface area contributed by atoms with E-state index in [4.69, 9.17) is 9.72 Å². The number of hydrogen-bond donors (Lipinski definition) is 1. The topological polar surface area (TPSA) is 120 Å². The van der Waals surface area contributed by atoms with Gasteiger partial charge >= 0.3 is 11.8 Å². The molecule has 0 radical (unpaired) electrons. The molecular formula is C30H40N6O5. The number of carbonyl (C=O) groups excluding carboxylic acids is 2. The quantitative estimate of drug-likeness (QED) is 0.344. The van der Waals surface area contributed by atoms with E-state index in [9.17, 15) is 19.2 Å². The standard InChI is InChI=1S/C30H40N6O5/c1-19(2)20(3)16-35-24-25(32-27(35)34-15-11-14-22(17-34)31-28(39)41-30(4,5)6)33(7)29(40)36(26(24)38)18-23(37)21-12-9-8-10-13-21/h8-10,12-13,22H,11,14-18H2,1-7H3,(H,31,39). The van der Waals surface area contributed by atoms with Gasteiger partial charge in [-0.3, -0.25) is 18.7 Å². The molecule has 1 saturated heterocycles. The van der Waals surface area contributed by atoms with Gasteiger partial charge in [-0.05, 0) is 54.4 Å². The molecule has 1 atom stereocenters. The van der Waals surface area contributed by atoms with Crippen molar-refractivity contribution < 1.29 is 14.3 Å². The van der Waals surface area contributed by atoms with Crippen molar-refractivity contribution in [2.24, 2.45) is 7.05 Å². The Morgan fingerprint density at radius 3 is 2.37 bits per heavy atom. The lowest BCUT2D eigenvalue weighted by Crippen LogP contribution is -2.49. The second-order valence-electron chi connectivity index (χ2n) is 11.9. The molecule has 3 aromatic rings. The first kappa shape index (κ1) is 29.8. The van der Waals surface area contributed by atoms with Gasteiger partial charge in [-0.25, -0.2) is 9.59 Å². The Morgan fingerprint density at radius 2 is 1.73 bits per heavy atom. The molecule has 0 spiro atoms. The van der Waals surface area contributed by atoms with Crippen molar-refractivity contribution in [3.8, 4) is 0 Å². The molecule has 1 fully saturated rings. The van der Waals surface area contributed by atoms with Crippen molar-refractivity contribution in [1.82, 2.24) is 24.0 Å². The SMILES string of the molecule is CC(C)=C(C)Cn1c(N2CCCC(NC(=O)OC(C)(C)C)C2)nc2c1c(=O)n(CC(=O)c1ccccc1)c(=O)n2C. The maximum absolute atomic E-state index is 13.9. The van der Waals surface area contributed by atoms with Gasteiger partial charge in [0.2, 0.25) is 5.95 Å². The zero-order valence-electron chi connectivity index (χ0n) is 25.0. The van der Waals surface area contributed by atoms with Gasteiger partial charge in [-0.15, -0.1) is 0 Å². The van der Waals surface area contributed by atoms with Crippen LogP contribution in [0, 0.1) is 0 Å². The van der Waals surface area contributed by atoms with Crippen molar-refractivity contribution in [2.75, 3.05) is 18.0 Å². The molecule has 41 heavy (non-hydrogen) atoms. The number of anilines is 1. The summed E-state index contributed by atoms with van der Waals surface area (Å²) in [5.74, 6) is 0.207. The number of aromatic nitrogens is 4. The van der Waals surface area contributed by atoms with E-state index in [1.165, 1.54) is 4.57 Å². The number of ether oxygens (including phenoxy) is 1. The summed E-state index contributed by atoms with van der Waals surface area (Å²) in [5.41, 5.74) is 1.30. The molecule has 3 heterocycles. The fourth-order valence-electron chi connectivity index (χ4n) is 4.90. The third-order valence-corrected chi connectivity index (χ3v) is 7.28. The second kappa shape index (κ2) is 11.8. The van der Waals surface area contributed by atoms with E-state index in [0.717, 1.165) is 28.6 Å². The number of amides is 1. The van der Waals surface area contributed by atoms with Gasteiger partial charge in [0.25, 0.3) is 5.56 Å². The molecule has 1 aliphatic heterocycles. The van der Waals surface area contributed by atoms with Crippen LogP contribution in [0.25, 0.3) is 11.2 Å². The van der Waals surface area contributed by atoms with Crippen LogP contribution in [-0.4, -0.2) is 55.3 Å². The summed E-state index contributed by atoms with van der Waals surface area (Å²) >= 11 is 0. The number of Topliss-reactive ketones (excluding diaryl/α,β-unsaturated/α-hetero) is 1. The minimum atomic E-state index is -0.610. The highest BCUT2D eigenvalue weighted by atomic mass is 16.6. The molecule has 0 bridgehead atoms. The number of piperidine rings is 1. The Hall–Kier alpha value is -4.15. The third-order valence-electron chi connectivity index (χ3n) is 7.28. The number of aryl methyl sites for hydroxylation is 1. The van der Waals surface area contributed by atoms with Crippen LogP contribution >= 0.6 is 0 Å². The average molecular weight is 565 g/mol. The van der Waals surface area contributed by atoms with Crippen LogP contribution in [0.5, 0.6) is 0 Å². The molecule has 4 rings (SSSR count). The van der Waals surface area contributed by atoms with E-state index in [2.05, 4.69) is 5.32 Å². The van der Waals surface area contributed by atoms with Crippen molar-refractivity contribution in [3.63, 3.8) is 0 Å². The number of alkyl carbamates (subject to hydrolysis) is 1. The number of nitrogens with zero attached hydrogens (tertiary/aromatic N) is 5. The lowest BCUT2D eigenvalue weighted by atomic mass is 10.1. The predicted octanol–water partition coefficient (Wildman–Crippen LogP) is 3.63. The molecule has 0 aliphatic carbocycles. The van der Waals surface area contributed by atoms with E-state index >= 15 is 0 Å². The molecule has 11 nitrogen and oxygen atoms in total. The summed E-state index contributed by atoms with van der Waals surface area (Å²) in [4.78, 5) is 59.5. The average Bonchev–Trinajstić information content (AvgIpc) is 3.28. The molecule has 2 aromatic heterocycles. The highest BCUT2D eigenvalue weighted by Gasteiger charge is 2.29. The number of hydrogen-bond acceptors (Lipinski definition) is 7. The molecule has 1 amide bonds. The summed E-state index contributed by atoms with van der Waals surface area (Å²) in [6, 6.07) is 8.42. The molecule has 1 unspecified atom stereocenters. The van der Waals surface area contributed by atoms with Gasteiger partial charge < -0.3 is 19.5 Å². The number of imidazole rings is 1. The van der Waals surface area contributed by atoms with Gasteiger partial charge in [-0.2, -0.15) is 4.98 Å². The maximum atomic E-state index is 13.9. The van der Waals surface area contributed by atoms with E-state index in [-0.39, 0.29) is 29.5 Å². The highest BCUT2D eigenvalue weighted by Crippen LogP contribution is 2.25. The van der Waals surface area contributed by atoms with E-state index in [1.807, 2.05) is 51.0 Å². The Kier molecular flexibility index (Phi) is 8.55. The summed E-state index contributed by atoms with van der Waals surface area (Å²) in [6.07, 6.45) is 1.09. The first-order valence-corrected chi connectivity index (χ1v) is 13.9. The Labute approximate surface area is 239 Å². The van der Waals surface area contributed by atoms with Crippen molar-refractivity contribution in [2.45, 2.75) is 79.1 Å². The fraction of sp³-hybridized carbons (Fsp3) is 0.500. The molecule has 1 aliphatic rings. The number of benzene rings is 1. The fourth-order valence-corrected chi connectivity index (χ4v) is 4.90. The third kappa shape index (κ3) is 6.61. The van der Waals surface area contributed by atoms with Gasteiger partial charge in [0.1, 0.15) is 5.60 Å². The van der Waals surface area contributed by atoms with Crippen molar-refractivity contribution >= 4 is 29.0 Å². The highest BCUT2D eigenvalue weighted by molar-refractivity contribution is 5.96. The Bertz CT molecular complexity index is 1600. The lowest BCUT2D eigenvalue weighted by Gasteiger charge is -2.34. The zero-order valence-corrected chi connectivity index (χ0v) is 25.0. The van der Waals surface area contributed by atoms with Gasteiger partial charge in [0.05, 0.1) is 6.54 Å². The number of carbonyl (C=O) groups is 2. The van der Waals surface area contributed by atoms with Crippen LogP contribution in [0.4, 0.5) is 10.7 Å². The van der Waals surface area contributed by atoms with Crippen LogP contribution in [0.2, 0.25) is 0 Å². The minimum Gasteiger partial charge on any atom is -0.444 e. The molecule has 0 saturated carbocycles. The largest absolute Gasteiger partial charge is 0.444 e. The number of fused-ring (bicyclic) bond motifs is 1. The Morgan fingerprint density at radius 1 is 1.05 bits per heavy atom. The summed E-state index contributed by atoms with van der Waals surface area (Å²) in [5, 5.41) is 2.96. The van der Waals surface area contributed by atoms with E-state index in [0.29, 0.717) is 31.1 Å². The lowest BCUT2D eigenvalue weighted by molar-refractivity contribution is 0.0499. The smallest absolute Gasteiger partial charge is 0.407 e. The first-order chi connectivity index (χ1) is 19.3. The van der Waals surface area contributed by atoms with E-state index in [1.54, 1.807) is 37.4 Å². The Balaban J connectivity index is 1.78. The van der Waals surface area contributed by atoms with Gasteiger partial charge in [0, 0.05) is 38.3 Å². The van der Waals surface area contributed by atoms with Crippen LogP contribution in [0.3, 0.4) is 0 Å². The maximum Gasteiger partial charge on any atom is 0.407 e. The molecule has 11 heteroatoms. The summed E-state index contributed by atoms with van der Waals surface area (Å²) < 4.78 is 9.59.